The van der Waals surface area contributed by atoms with Crippen molar-refractivity contribution in [3.63, 3.8) is 0 Å². The van der Waals surface area contributed by atoms with Crippen molar-refractivity contribution in [3.8, 4) is 0 Å². The molecular formula is C20H25ClN4O3S. The Balaban J connectivity index is 1.90. The maximum atomic E-state index is 13.0. The van der Waals surface area contributed by atoms with E-state index in [0.717, 1.165) is 25.9 Å². The van der Waals surface area contributed by atoms with Gasteiger partial charge in [-0.2, -0.15) is 4.31 Å². The Morgan fingerprint density at radius 2 is 1.90 bits per heavy atom. The molecule has 1 saturated heterocycles. The topological polar surface area (TPSA) is 82.6 Å². The first-order chi connectivity index (χ1) is 13.9. The van der Waals surface area contributed by atoms with Crippen LogP contribution in [-0.4, -0.2) is 49.8 Å². The van der Waals surface area contributed by atoms with Gasteiger partial charge in [-0.3, -0.25) is 4.79 Å². The van der Waals surface area contributed by atoms with Crippen LogP contribution in [0.15, 0.2) is 41.4 Å². The molecule has 1 aromatic heterocycles. The third-order valence-electron chi connectivity index (χ3n) is 4.97. The lowest BCUT2D eigenvalue weighted by molar-refractivity contribution is 0.102. The second kappa shape index (κ2) is 9.11. The minimum absolute atomic E-state index is 0.0897. The van der Waals surface area contributed by atoms with Gasteiger partial charge in [0.15, 0.2) is 0 Å². The van der Waals surface area contributed by atoms with Crippen molar-refractivity contribution < 1.29 is 13.2 Å². The van der Waals surface area contributed by atoms with E-state index >= 15 is 0 Å². The van der Waals surface area contributed by atoms with Crippen LogP contribution in [0.5, 0.6) is 0 Å². The van der Waals surface area contributed by atoms with Gasteiger partial charge in [-0.15, -0.1) is 0 Å². The van der Waals surface area contributed by atoms with E-state index in [1.807, 2.05) is 0 Å². The first-order valence-electron chi connectivity index (χ1n) is 9.69. The van der Waals surface area contributed by atoms with E-state index in [2.05, 4.69) is 15.2 Å². The average Bonchev–Trinajstić information content (AvgIpc) is 3.25. The van der Waals surface area contributed by atoms with Gasteiger partial charge in [-0.05, 0) is 43.2 Å². The third kappa shape index (κ3) is 4.55. The minimum atomic E-state index is -3.66. The van der Waals surface area contributed by atoms with Crippen LogP contribution < -0.4 is 10.2 Å². The highest BCUT2D eigenvalue weighted by atomic mass is 35.5. The molecule has 0 atom stereocenters. The zero-order valence-corrected chi connectivity index (χ0v) is 18.1. The highest BCUT2D eigenvalue weighted by Gasteiger charge is 2.24. The molecule has 0 radical (unpaired) electrons. The van der Waals surface area contributed by atoms with Crippen molar-refractivity contribution in [2.75, 3.05) is 36.4 Å². The van der Waals surface area contributed by atoms with Gasteiger partial charge in [0.05, 0.1) is 21.2 Å². The fraction of sp³-hybridized carbons (Fsp3) is 0.400. The summed E-state index contributed by atoms with van der Waals surface area (Å²) < 4.78 is 26.9. The van der Waals surface area contributed by atoms with E-state index in [0.29, 0.717) is 24.5 Å². The number of sulfonamides is 1. The predicted molar refractivity (Wildman–Crippen MR) is 115 cm³/mol. The smallest absolute Gasteiger partial charge is 0.259 e. The molecule has 9 heteroatoms. The fourth-order valence-electron chi connectivity index (χ4n) is 3.42. The van der Waals surface area contributed by atoms with Gasteiger partial charge in [0, 0.05) is 32.4 Å². The van der Waals surface area contributed by atoms with Gasteiger partial charge in [0.2, 0.25) is 10.0 Å². The Morgan fingerprint density at radius 3 is 2.55 bits per heavy atom. The van der Waals surface area contributed by atoms with Crippen molar-refractivity contribution >= 4 is 39.0 Å². The molecule has 0 saturated carbocycles. The first kappa shape index (κ1) is 21.5. The van der Waals surface area contributed by atoms with Gasteiger partial charge < -0.3 is 10.2 Å². The lowest BCUT2D eigenvalue weighted by Gasteiger charge is -2.20. The van der Waals surface area contributed by atoms with Gasteiger partial charge in [-0.25, -0.2) is 13.4 Å². The van der Waals surface area contributed by atoms with Crippen molar-refractivity contribution in [1.82, 2.24) is 9.29 Å². The summed E-state index contributed by atoms with van der Waals surface area (Å²) in [4.78, 5) is 19.5. The molecular weight excluding hydrogens is 412 g/mol. The number of carbonyl (C=O) groups excluding carboxylic acids is 1. The summed E-state index contributed by atoms with van der Waals surface area (Å²) in [7, 11) is -3.66. The first-order valence-corrected chi connectivity index (χ1v) is 11.5. The largest absolute Gasteiger partial charge is 0.356 e. The van der Waals surface area contributed by atoms with Crippen LogP contribution in [0.1, 0.15) is 37.0 Å². The van der Waals surface area contributed by atoms with E-state index in [9.17, 15) is 13.2 Å². The number of hydrogen-bond donors (Lipinski definition) is 1. The molecule has 0 unspecified atom stereocenters. The normalized spacial score (nSPS) is 14.4. The number of anilines is 2. The number of amides is 1. The predicted octanol–water partition coefficient (Wildman–Crippen LogP) is 3.62. The van der Waals surface area contributed by atoms with Gasteiger partial charge in [0.1, 0.15) is 5.82 Å². The Bertz CT molecular complexity index is 987. The Hall–Kier alpha value is -2.16. The highest BCUT2D eigenvalue weighted by Crippen LogP contribution is 2.29. The molecule has 0 bridgehead atoms. The van der Waals surface area contributed by atoms with Crippen molar-refractivity contribution in [2.24, 2.45) is 0 Å². The number of hydrogen-bond acceptors (Lipinski definition) is 5. The van der Waals surface area contributed by atoms with E-state index in [1.54, 1.807) is 32.2 Å². The molecule has 1 aliphatic heterocycles. The quantitative estimate of drug-likeness (QED) is 0.716. The SMILES string of the molecule is CCN(CC)S(=O)(=O)c1ccc(Cl)c(NC(=O)c2cccnc2N2CCCC2)c1. The van der Waals surface area contributed by atoms with Crippen LogP contribution in [0, 0.1) is 0 Å². The molecule has 29 heavy (non-hydrogen) atoms. The molecule has 1 amide bonds. The van der Waals surface area contributed by atoms with Crippen LogP contribution in [0.25, 0.3) is 0 Å². The molecule has 1 fully saturated rings. The summed E-state index contributed by atoms with van der Waals surface area (Å²) in [5.41, 5.74) is 0.684. The summed E-state index contributed by atoms with van der Waals surface area (Å²) in [6.45, 7) is 5.99. The molecule has 1 N–H and O–H groups in total. The standard InChI is InChI=1S/C20H25ClN4O3S/c1-3-25(4-2)29(27,28)15-9-10-17(21)18(14-15)23-20(26)16-8-7-11-22-19(16)24-12-5-6-13-24/h7-11,14H,3-6,12-13H2,1-2H3,(H,23,26). The zero-order valence-electron chi connectivity index (χ0n) is 16.6. The van der Waals surface area contributed by atoms with Crippen LogP contribution >= 0.6 is 11.6 Å². The molecule has 0 aliphatic carbocycles. The van der Waals surface area contributed by atoms with Crippen LogP contribution in [-0.2, 0) is 10.0 Å². The maximum Gasteiger partial charge on any atom is 0.259 e. The Labute approximate surface area is 176 Å². The van der Waals surface area contributed by atoms with Gasteiger partial charge in [0.25, 0.3) is 5.91 Å². The van der Waals surface area contributed by atoms with Gasteiger partial charge >= 0.3 is 0 Å². The second-order valence-corrected chi connectivity index (χ2v) is 9.10. The molecule has 0 spiro atoms. The van der Waals surface area contributed by atoms with Gasteiger partial charge in [-0.1, -0.05) is 25.4 Å². The number of nitrogens with one attached hydrogen (secondary N) is 1. The number of rotatable bonds is 7. The minimum Gasteiger partial charge on any atom is -0.356 e. The zero-order chi connectivity index (χ0) is 21.0. The van der Waals surface area contributed by atoms with E-state index in [-0.39, 0.29) is 21.5 Å². The van der Waals surface area contributed by atoms with Crippen molar-refractivity contribution in [3.05, 3.63) is 47.1 Å². The van der Waals surface area contributed by atoms with Crippen molar-refractivity contribution in [1.29, 1.82) is 0 Å². The van der Waals surface area contributed by atoms with E-state index < -0.39 is 10.0 Å². The molecule has 2 heterocycles. The average molecular weight is 437 g/mol. The number of nitrogens with zero attached hydrogens (tertiary/aromatic N) is 3. The number of halogens is 1. The number of carbonyl (C=O) groups is 1. The van der Waals surface area contributed by atoms with E-state index in [1.165, 1.54) is 22.5 Å². The van der Waals surface area contributed by atoms with Crippen LogP contribution in [0.4, 0.5) is 11.5 Å². The van der Waals surface area contributed by atoms with Crippen LogP contribution in [0.3, 0.4) is 0 Å². The second-order valence-electron chi connectivity index (χ2n) is 6.75. The molecule has 2 aromatic rings. The molecule has 7 nitrogen and oxygen atoms in total. The summed E-state index contributed by atoms with van der Waals surface area (Å²) in [5.74, 6) is 0.254. The molecule has 3 rings (SSSR count). The Kier molecular flexibility index (Phi) is 6.77. The Morgan fingerprint density at radius 1 is 1.21 bits per heavy atom. The fourth-order valence-corrected chi connectivity index (χ4v) is 5.07. The van der Waals surface area contributed by atoms with Crippen molar-refractivity contribution in [2.45, 2.75) is 31.6 Å². The monoisotopic (exact) mass is 436 g/mol. The highest BCUT2D eigenvalue weighted by molar-refractivity contribution is 7.89. The summed E-state index contributed by atoms with van der Waals surface area (Å²) in [6, 6.07) is 7.75. The molecule has 1 aliphatic rings. The molecule has 1 aromatic carbocycles. The number of benzene rings is 1. The summed E-state index contributed by atoms with van der Waals surface area (Å²) in [5, 5.41) is 3.02. The lowest BCUT2D eigenvalue weighted by Crippen LogP contribution is -2.30. The van der Waals surface area contributed by atoms with E-state index in [4.69, 9.17) is 11.6 Å². The third-order valence-corrected chi connectivity index (χ3v) is 7.34. The van der Waals surface area contributed by atoms with Crippen LogP contribution in [0.2, 0.25) is 5.02 Å². The maximum absolute atomic E-state index is 13.0. The lowest BCUT2D eigenvalue weighted by atomic mass is 10.2. The summed E-state index contributed by atoms with van der Waals surface area (Å²) >= 11 is 6.24. The molecule has 156 valence electrons. The number of pyridine rings is 1. The number of aromatic nitrogens is 1. The summed E-state index contributed by atoms with van der Waals surface area (Å²) in [6.07, 6.45) is 3.79.